The molecule has 7 heteroatoms. The molecule has 0 spiro atoms. The molecule has 108 valence electrons. The molecule has 7 nitrogen and oxygen atoms in total. The average Bonchev–Trinajstić information content (AvgIpc) is 2.92. The van der Waals surface area contributed by atoms with Crippen LogP contribution in [-0.2, 0) is 6.54 Å². The van der Waals surface area contributed by atoms with Crippen LogP contribution in [0.1, 0.15) is 19.7 Å². The first kappa shape index (κ1) is 14.3. The molecule has 0 saturated heterocycles. The normalized spacial score (nSPS) is 10.8. The van der Waals surface area contributed by atoms with E-state index in [1.165, 1.54) is 0 Å². The van der Waals surface area contributed by atoms with Gasteiger partial charge in [0.1, 0.15) is 17.2 Å². The lowest BCUT2D eigenvalue weighted by atomic mass is 10.2. The van der Waals surface area contributed by atoms with Crippen LogP contribution in [0, 0.1) is 0 Å². The number of nitrogens with zero attached hydrogens (tertiary/aromatic N) is 4. The van der Waals surface area contributed by atoms with Crippen LogP contribution in [0.2, 0.25) is 0 Å². The van der Waals surface area contributed by atoms with Crippen LogP contribution in [0.15, 0.2) is 18.2 Å². The molecule has 20 heavy (non-hydrogen) atoms. The highest BCUT2D eigenvalue weighted by Gasteiger charge is 2.14. The Hall–Kier alpha value is -2.15. The van der Waals surface area contributed by atoms with Gasteiger partial charge in [-0.15, -0.1) is 5.10 Å². The number of methoxy groups -OCH3 is 2. The smallest absolute Gasteiger partial charge is 0.170 e. The predicted molar refractivity (Wildman–Crippen MR) is 74.2 cm³/mol. The van der Waals surface area contributed by atoms with Gasteiger partial charge in [0.15, 0.2) is 5.82 Å². The lowest BCUT2D eigenvalue weighted by Gasteiger charge is -2.12. The summed E-state index contributed by atoms with van der Waals surface area (Å²) in [6, 6.07) is 5.86. The number of aromatic nitrogens is 4. The zero-order valence-electron chi connectivity index (χ0n) is 12.1. The number of ether oxygens (including phenoxy) is 2. The summed E-state index contributed by atoms with van der Waals surface area (Å²) in [5, 5.41) is 15.1. The summed E-state index contributed by atoms with van der Waals surface area (Å²) < 4.78 is 12.2. The minimum absolute atomic E-state index is 0.354. The zero-order chi connectivity index (χ0) is 14.5. The molecule has 1 heterocycles. The van der Waals surface area contributed by atoms with Crippen LogP contribution in [0.25, 0.3) is 5.69 Å². The topological polar surface area (TPSA) is 74.1 Å². The van der Waals surface area contributed by atoms with Crippen molar-refractivity contribution >= 4 is 0 Å². The standard InChI is InChI=1S/C13H19N5O2/c1-9(2)14-8-13-15-16-17-18(13)11-7-10(19-3)5-6-12(11)20-4/h5-7,9,14H,8H2,1-4H3. The molecule has 1 N–H and O–H groups in total. The first-order valence-electron chi connectivity index (χ1n) is 6.38. The summed E-state index contributed by atoms with van der Waals surface area (Å²) >= 11 is 0. The maximum Gasteiger partial charge on any atom is 0.170 e. The van der Waals surface area contributed by atoms with Crippen molar-refractivity contribution in [2.45, 2.75) is 26.4 Å². The minimum atomic E-state index is 0.354. The van der Waals surface area contributed by atoms with Gasteiger partial charge in [0.05, 0.1) is 20.8 Å². The Balaban J connectivity index is 2.37. The quantitative estimate of drug-likeness (QED) is 0.854. The molecule has 0 unspecified atom stereocenters. The number of hydrogen-bond acceptors (Lipinski definition) is 6. The van der Waals surface area contributed by atoms with E-state index in [2.05, 4.69) is 34.7 Å². The molecule has 0 aliphatic heterocycles. The molecule has 0 aliphatic rings. The van der Waals surface area contributed by atoms with Gasteiger partial charge < -0.3 is 14.8 Å². The Kier molecular flexibility index (Phi) is 4.52. The van der Waals surface area contributed by atoms with E-state index in [4.69, 9.17) is 9.47 Å². The lowest BCUT2D eigenvalue weighted by Crippen LogP contribution is -2.24. The molecule has 0 atom stereocenters. The zero-order valence-corrected chi connectivity index (χ0v) is 12.1. The van der Waals surface area contributed by atoms with E-state index in [1.807, 2.05) is 18.2 Å². The van der Waals surface area contributed by atoms with E-state index >= 15 is 0 Å². The number of hydrogen-bond donors (Lipinski definition) is 1. The molecule has 0 amide bonds. The number of tetrazole rings is 1. The van der Waals surface area contributed by atoms with E-state index in [1.54, 1.807) is 18.9 Å². The summed E-state index contributed by atoms with van der Waals surface area (Å²) in [6.45, 7) is 4.71. The highest BCUT2D eigenvalue weighted by molar-refractivity contribution is 5.50. The monoisotopic (exact) mass is 277 g/mol. The second kappa shape index (κ2) is 6.33. The lowest BCUT2D eigenvalue weighted by molar-refractivity contribution is 0.399. The SMILES string of the molecule is COc1ccc(OC)c(-n2nnnc2CNC(C)C)c1. The van der Waals surface area contributed by atoms with E-state index < -0.39 is 0 Å². The van der Waals surface area contributed by atoms with E-state index in [0.717, 1.165) is 11.4 Å². The Morgan fingerprint density at radius 1 is 1.25 bits per heavy atom. The fourth-order valence-electron chi connectivity index (χ4n) is 1.76. The molecule has 0 saturated carbocycles. The molecular formula is C13H19N5O2. The third kappa shape index (κ3) is 3.05. The van der Waals surface area contributed by atoms with Gasteiger partial charge >= 0.3 is 0 Å². The van der Waals surface area contributed by atoms with Gasteiger partial charge in [-0.05, 0) is 22.6 Å². The molecule has 2 rings (SSSR count). The first-order valence-corrected chi connectivity index (χ1v) is 6.38. The van der Waals surface area contributed by atoms with E-state index in [9.17, 15) is 0 Å². The summed E-state index contributed by atoms with van der Waals surface area (Å²) in [6.07, 6.45) is 0. The second-order valence-electron chi connectivity index (χ2n) is 4.58. The molecule has 0 fully saturated rings. The molecule has 0 radical (unpaired) electrons. The third-order valence-electron chi connectivity index (χ3n) is 2.82. The maximum absolute atomic E-state index is 5.36. The van der Waals surface area contributed by atoms with Gasteiger partial charge in [-0.3, -0.25) is 0 Å². The summed E-state index contributed by atoms with van der Waals surface area (Å²) in [5.41, 5.74) is 0.748. The predicted octanol–water partition coefficient (Wildman–Crippen LogP) is 1.18. The second-order valence-corrected chi connectivity index (χ2v) is 4.58. The van der Waals surface area contributed by atoms with E-state index in [0.29, 0.717) is 24.2 Å². The van der Waals surface area contributed by atoms with Crippen LogP contribution < -0.4 is 14.8 Å². The van der Waals surface area contributed by atoms with Gasteiger partial charge in [0, 0.05) is 12.1 Å². The summed E-state index contributed by atoms with van der Waals surface area (Å²) in [5.74, 6) is 2.12. The van der Waals surface area contributed by atoms with Crippen LogP contribution in [-0.4, -0.2) is 40.5 Å². The van der Waals surface area contributed by atoms with Gasteiger partial charge in [-0.25, -0.2) is 0 Å². The minimum Gasteiger partial charge on any atom is -0.497 e. The molecule has 2 aromatic rings. The maximum atomic E-state index is 5.36. The van der Waals surface area contributed by atoms with E-state index in [-0.39, 0.29) is 0 Å². The van der Waals surface area contributed by atoms with Crippen LogP contribution in [0.3, 0.4) is 0 Å². The summed E-state index contributed by atoms with van der Waals surface area (Å²) in [4.78, 5) is 0. The average molecular weight is 277 g/mol. The first-order chi connectivity index (χ1) is 9.65. The molecular weight excluding hydrogens is 258 g/mol. The van der Waals surface area contributed by atoms with Crippen molar-refractivity contribution in [3.05, 3.63) is 24.0 Å². The van der Waals surface area contributed by atoms with Crippen molar-refractivity contribution in [1.29, 1.82) is 0 Å². The fourth-order valence-corrected chi connectivity index (χ4v) is 1.76. The highest BCUT2D eigenvalue weighted by atomic mass is 16.5. The number of rotatable bonds is 6. The van der Waals surface area contributed by atoms with Crippen LogP contribution in [0.4, 0.5) is 0 Å². The van der Waals surface area contributed by atoms with Gasteiger partial charge in [0.2, 0.25) is 0 Å². The molecule has 0 aliphatic carbocycles. The van der Waals surface area contributed by atoms with Crippen molar-refractivity contribution in [1.82, 2.24) is 25.5 Å². The highest BCUT2D eigenvalue weighted by Crippen LogP contribution is 2.27. The number of benzene rings is 1. The Bertz CT molecular complexity index is 568. The Morgan fingerprint density at radius 2 is 2.05 bits per heavy atom. The third-order valence-corrected chi connectivity index (χ3v) is 2.82. The van der Waals surface area contributed by atoms with Crippen molar-refractivity contribution in [2.75, 3.05) is 14.2 Å². The van der Waals surface area contributed by atoms with Gasteiger partial charge in [0.25, 0.3) is 0 Å². The van der Waals surface area contributed by atoms with Crippen molar-refractivity contribution in [2.24, 2.45) is 0 Å². The van der Waals surface area contributed by atoms with Crippen molar-refractivity contribution < 1.29 is 9.47 Å². The Labute approximate surface area is 117 Å². The molecule has 1 aromatic carbocycles. The summed E-state index contributed by atoms with van der Waals surface area (Å²) in [7, 11) is 3.23. The van der Waals surface area contributed by atoms with Crippen LogP contribution >= 0.6 is 0 Å². The van der Waals surface area contributed by atoms with Crippen molar-refractivity contribution in [3.63, 3.8) is 0 Å². The molecule has 1 aromatic heterocycles. The largest absolute Gasteiger partial charge is 0.497 e. The molecule has 0 bridgehead atoms. The van der Waals surface area contributed by atoms with Gasteiger partial charge in [-0.2, -0.15) is 4.68 Å². The number of nitrogens with one attached hydrogen (secondary N) is 1. The fraction of sp³-hybridized carbons (Fsp3) is 0.462. The van der Waals surface area contributed by atoms with Gasteiger partial charge in [-0.1, -0.05) is 13.8 Å². The van der Waals surface area contributed by atoms with Crippen LogP contribution in [0.5, 0.6) is 11.5 Å². The Morgan fingerprint density at radius 3 is 2.70 bits per heavy atom. The van der Waals surface area contributed by atoms with Crippen molar-refractivity contribution in [3.8, 4) is 17.2 Å².